The lowest BCUT2D eigenvalue weighted by molar-refractivity contribution is -0.135. The molecule has 0 amide bonds. The molecule has 2 nitrogen and oxygen atoms in total. The van der Waals surface area contributed by atoms with Gasteiger partial charge in [0.2, 0.25) is 0 Å². The van der Waals surface area contributed by atoms with Gasteiger partial charge < -0.3 is 5.11 Å². The molecule has 0 aliphatic rings. The van der Waals surface area contributed by atoms with Gasteiger partial charge in [0, 0.05) is 5.56 Å². The molecule has 0 saturated carbocycles. The Hall–Kier alpha value is -1.75. The monoisotopic (exact) mass is 202 g/mol. The fourth-order valence-corrected chi connectivity index (χ4v) is 1.20. The van der Waals surface area contributed by atoms with Crippen molar-refractivity contribution in [3.05, 3.63) is 35.4 Å². The minimum Gasteiger partial charge on any atom is -0.481 e. The van der Waals surface area contributed by atoms with Crippen LogP contribution >= 0.6 is 0 Å². The molecule has 15 heavy (non-hydrogen) atoms. The highest BCUT2D eigenvalue weighted by molar-refractivity contribution is 5.70. The number of carbonyl (C=O) groups is 1. The molecule has 0 unspecified atom stereocenters. The van der Waals surface area contributed by atoms with Crippen LogP contribution in [0.2, 0.25) is 0 Å². The van der Waals surface area contributed by atoms with E-state index in [1.54, 1.807) is 0 Å². The molecule has 0 aromatic heterocycles. The number of hydrogen-bond acceptors (Lipinski definition) is 1. The molecule has 0 spiro atoms. The van der Waals surface area contributed by atoms with Crippen molar-refractivity contribution in [1.29, 1.82) is 0 Å². The van der Waals surface area contributed by atoms with Crippen molar-refractivity contribution in [3.63, 3.8) is 0 Å². The summed E-state index contributed by atoms with van der Waals surface area (Å²) < 4.78 is 0. The zero-order valence-electron chi connectivity index (χ0n) is 8.95. The van der Waals surface area contributed by atoms with Crippen molar-refractivity contribution < 1.29 is 9.90 Å². The van der Waals surface area contributed by atoms with Gasteiger partial charge >= 0.3 is 5.97 Å². The summed E-state index contributed by atoms with van der Waals surface area (Å²) in [6.45, 7) is 4.23. The van der Waals surface area contributed by atoms with Crippen LogP contribution in [0, 0.1) is 11.8 Å². The lowest BCUT2D eigenvalue weighted by Gasteiger charge is -2.04. The first-order chi connectivity index (χ1) is 7.09. The number of carboxylic acids is 1. The maximum absolute atomic E-state index is 10.3. The van der Waals surface area contributed by atoms with E-state index in [-0.39, 0.29) is 6.42 Å². The second kappa shape index (κ2) is 5.21. The Kier molecular flexibility index (Phi) is 3.93. The van der Waals surface area contributed by atoms with E-state index in [4.69, 9.17) is 5.11 Å². The van der Waals surface area contributed by atoms with Gasteiger partial charge in [0.05, 0.1) is 0 Å². The Bertz CT molecular complexity index is 408. The first-order valence-corrected chi connectivity index (χ1v) is 4.90. The fraction of sp³-hybridized carbons (Fsp3) is 0.308. The molecule has 1 aromatic carbocycles. The summed E-state index contributed by atoms with van der Waals surface area (Å²) in [7, 11) is 0. The molecule has 0 heterocycles. The Morgan fingerprint density at radius 1 is 1.47 bits per heavy atom. The van der Waals surface area contributed by atoms with Gasteiger partial charge in [-0.05, 0) is 23.6 Å². The average molecular weight is 202 g/mol. The van der Waals surface area contributed by atoms with E-state index in [2.05, 4.69) is 25.7 Å². The van der Waals surface area contributed by atoms with Crippen molar-refractivity contribution >= 4 is 5.97 Å². The summed E-state index contributed by atoms with van der Waals surface area (Å²) in [6, 6.07) is 7.88. The zero-order chi connectivity index (χ0) is 11.3. The molecule has 2 heteroatoms. The van der Waals surface area contributed by atoms with E-state index in [0.717, 1.165) is 5.56 Å². The van der Waals surface area contributed by atoms with Crippen LogP contribution in [0.3, 0.4) is 0 Å². The van der Waals surface area contributed by atoms with Crippen LogP contribution in [0.15, 0.2) is 24.3 Å². The molecule has 1 rings (SSSR count). The summed E-state index contributed by atoms with van der Waals surface area (Å²) in [5.74, 6) is 5.04. The lowest BCUT2D eigenvalue weighted by Crippen LogP contribution is -1.91. The van der Waals surface area contributed by atoms with Crippen LogP contribution in [0.25, 0.3) is 0 Å². The number of carboxylic acid groups (broad SMARTS) is 1. The third kappa shape index (κ3) is 3.86. The van der Waals surface area contributed by atoms with Gasteiger partial charge in [0.15, 0.2) is 0 Å². The quantitative estimate of drug-likeness (QED) is 0.748. The highest BCUT2D eigenvalue weighted by Gasteiger charge is 1.98. The minimum absolute atomic E-state index is 0.105. The largest absolute Gasteiger partial charge is 0.481 e. The summed E-state index contributed by atoms with van der Waals surface area (Å²) in [4.78, 5) is 10.3. The van der Waals surface area contributed by atoms with E-state index in [1.165, 1.54) is 5.56 Å². The van der Waals surface area contributed by atoms with Crippen molar-refractivity contribution in [3.8, 4) is 11.8 Å². The molecular formula is C13H14O2. The van der Waals surface area contributed by atoms with E-state index >= 15 is 0 Å². The topological polar surface area (TPSA) is 37.3 Å². The van der Waals surface area contributed by atoms with Crippen LogP contribution in [-0.4, -0.2) is 11.1 Å². The van der Waals surface area contributed by atoms with Gasteiger partial charge in [-0.1, -0.05) is 37.8 Å². The van der Waals surface area contributed by atoms with Crippen LogP contribution in [0.1, 0.15) is 37.3 Å². The summed E-state index contributed by atoms with van der Waals surface area (Å²) >= 11 is 0. The summed E-state index contributed by atoms with van der Waals surface area (Å²) in [5.41, 5.74) is 2.10. The van der Waals surface area contributed by atoms with Crippen LogP contribution in [0.4, 0.5) is 0 Å². The average Bonchev–Trinajstić information content (AvgIpc) is 2.17. The van der Waals surface area contributed by atoms with Crippen LogP contribution in [0.5, 0.6) is 0 Å². The van der Waals surface area contributed by atoms with Gasteiger partial charge in [0.1, 0.15) is 6.42 Å². The molecule has 0 aliphatic heterocycles. The number of rotatable bonds is 2. The molecule has 0 fully saturated rings. The predicted molar refractivity (Wildman–Crippen MR) is 59.7 cm³/mol. The molecule has 1 N–H and O–H groups in total. The lowest BCUT2D eigenvalue weighted by atomic mass is 10.0. The minimum atomic E-state index is -0.887. The Morgan fingerprint density at radius 3 is 2.80 bits per heavy atom. The number of benzene rings is 1. The highest BCUT2D eigenvalue weighted by Crippen LogP contribution is 2.14. The maximum Gasteiger partial charge on any atom is 0.315 e. The molecule has 0 radical (unpaired) electrons. The molecule has 0 aliphatic carbocycles. The number of hydrogen-bond donors (Lipinski definition) is 1. The van der Waals surface area contributed by atoms with Crippen molar-refractivity contribution in [2.75, 3.05) is 0 Å². The SMILES string of the molecule is CC(C)c1cccc(C#CCC(=O)O)c1. The van der Waals surface area contributed by atoms with E-state index in [0.29, 0.717) is 5.92 Å². The molecule has 0 bridgehead atoms. The first kappa shape index (κ1) is 11.3. The van der Waals surface area contributed by atoms with Gasteiger partial charge in [-0.3, -0.25) is 4.79 Å². The van der Waals surface area contributed by atoms with E-state index < -0.39 is 5.97 Å². The number of aliphatic carboxylic acids is 1. The van der Waals surface area contributed by atoms with Crippen LogP contribution in [-0.2, 0) is 4.79 Å². The van der Waals surface area contributed by atoms with Gasteiger partial charge in [-0.15, -0.1) is 0 Å². The summed E-state index contributed by atoms with van der Waals surface area (Å²) in [6.07, 6.45) is -0.105. The Morgan fingerprint density at radius 2 is 2.20 bits per heavy atom. The van der Waals surface area contributed by atoms with Crippen molar-refractivity contribution in [2.45, 2.75) is 26.2 Å². The fourth-order valence-electron chi connectivity index (χ4n) is 1.20. The second-order valence-corrected chi connectivity index (χ2v) is 3.65. The van der Waals surface area contributed by atoms with Crippen molar-refractivity contribution in [2.24, 2.45) is 0 Å². The third-order valence-corrected chi connectivity index (χ3v) is 2.03. The maximum atomic E-state index is 10.3. The molecular weight excluding hydrogens is 188 g/mol. The smallest absolute Gasteiger partial charge is 0.315 e. The predicted octanol–water partition coefficient (Wildman–Crippen LogP) is 2.64. The highest BCUT2D eigenvalue weighted by atomic mass is 16.4. The third-order valence-electron chi connectivity index (χ3n) is 2.03. The normalized spacial score (nSPS) is 9.53. The zero-order valence-corrected chi connectivity index (χ0v) is 8.95. The second-order valence-electron chi connectivity index (χ2n) is 3.65. The van der Waals surface area contributed by atoms with E-state index in [1.807, 2.05) is 24.3 Å². The Balaban J connectivity index is 2.80. The van der Waals surface area contributed by atoms with Gasteiger partial charge in [-0.25, -0.2) is 0 Å². The van der Waals surface area contributed by atoms with Gasteiger partial charge in [-0.2, -0.15) is 0 Å². The molecule has 1 aromatic rings. The molecule has 0 atom stereocenters. The standard InChI is InChI=1S/C13H14O2/c1-10(2)12-7-3-5-11(9-12)6-4-8-13(14)15/h3,5,7,9-10H,8H2,1-2H3,(H,14,15). The Labute approximate surface area is 89.9 Å². The van der Waals surface area contributed by atoms with E-state index in [9.17, 15) is 4.79 Å². The molecule has 78 valence electrons. The molecule has 0 saturated heterocycles. The summed E-state index contributed by atoms with van der Waals surface area (Å²) in [5, 5.41) is 8.43. The van der Waals surface area contributed by atoms with Crippen molar-refractivity contribution in [1.82, 2.24) is 0 Å². The van der Waals surface area contributed by atoms with Gasteiger partial charge in [0.25, 0.3) is 0 Å². The first-order valence-electron chi connectivity index (χ1n) is 4.90. The van der Waals surface area contributed by atoms with Crippen LogP contribution < -0.4 is 0 Å².